The third kappa shape index (κ3) is 9.39. The molecule has 2 bridgehead atoms. The van der Waals surface area contributed by atoms with Crippen molar-refractivity contribution in [3.05, 3.63) is 105 Å². The van der Waals surface area contributed by atoms with E-state index in [9.17, 15) is 31.0 Å². The highest BCUT2D eigenvalue weighted by Crippen LogP contribution is 2.34. The predicted octanol–water partition coefficient (Wildman–Crippen LogP) is 4.97. The van der Waals surface area contributed by atoms with Gasteiger partial charge in [0.15, 0.2) is 6.20 Å². The number of halogens is 4. The molecular weight excluding hydrogens is 746 g/mol. The van der Waals surface area contributed by atoms with Crippen LogP contribution in [0.25, 0.3) is 10.9 Å². The number of aromatic nitrogens is 1. The van der Waals surface area contributed by atoms with Crippen molar-refractivity contribution in [2.45, 2.75) is 34.8 Å². The summed E-state index contributed by atoms with van der Waals surface area (Å²) in [5.41, 5.74) is 2.03. The lowest BCUT2D eigenvalue weighted by atomic mass is 9.73. The van der Waals surface area contributed by atoms with Crippen molar-refractivity contribution in [1.82, 2.24) is 0 Å². The Balaban J connectivity index is 0.000000183. The number of H-pyrrole nitrogens is 1. The molecule has 3 aliphatic rings. The highest BCUT2D eigenvalue weighted by molar-refractivity contribution is 7.86. The molecule has 16 heteroatoms. The van der Waals surface area contributed by atoms with Crippen molar-refractivity contribution in [2.75, 3.05) is 20.2 Å². The Morgan fingerprint density at radius 2 is 1.50 bits per heavy atom. The van der Waals surface area contributed by atoms with Crippen LogP contribution < -0.4 is 14.6 Å². The van der Waals surface area contributed by atoms with Crippen LogP contribution in [-0.2, 0) is 20.2 Å². The van der Waals surface area contributed by atoms with Crippen LogP contribution in [0.4, 0.5) is 0 Å². The number of hydrogen-bond donors (Lipinski definition) is 2. The van der Waals surface area contributed by atoms with Gasteiger partial charge in [0.2, 0.25) is 5.52 Å². The van der Waals surface area contributed by atoms with Crippen molar-refractivity contribution in [2.24, 2.45) is 11.8 Å². The number of quaternary nitrogens is 1. The molecule has 0 amide bonds. The lowest BCUT2D eigenvalue weighted by molar-refractivity contribution is -0.949. The molecule has 4 aromatic rings. The van der Waals surface area contributed by atoms with Crippen LogP contribution in [0.1, 0.15) is 24.5 Å². The molecule has 0 radical (unpaired) electrons. The van der Waals surface area contributed by atoms with Crippen molar-refractivity contribution in [3.8, 4) is 5.75 Å². The minimum Gasteiger partial charge on any atom is -0.744 e. The number of aliphatic hydroxyl groups excluding tert-OH is 1. The highest BCUT2D eigenvalue weighted by atomic mass is 35.5. The van der Waals surface area contributed by atoms with Crippen LogP contribution in [0.2, 0.25) is 20.1 Å². The molecule has 0 saturated carbocycles. The van der Waals surface area contributed by atoms with E-state index in [1.165, 1.54) is 23.5 Å². The Hall–Kier alpha value is -2.49. The Kier molecular flexibility index (Phi) is 12.8. The zero-order valence-electron chi connectivity index (χ0n) is 25.4. The Labute approximate surface area is 299 Å². The molecule has 4 heterocycles. The summed E-state index contributed by atoms with van der Waals surface area (Å²) in [6.45, 7) is 6.27. The van der Waals surface area contributed by atoms with Gasteiger partial charge in [0.25, 0.3) is 0 Å². The van der Waals surface area contributed by atoms with Gasteiger partial charge in [0.05, 0.1) is 55.5 Å². The molecular formula is C32H32Cl4N2O8S2. The number of aliphatic hydroxyl groups is 1. The second-order valence-electron chi connectivity index (χ2n) is 11.3. The van der Waals surface area contributed by atoms with Gasteiger partial charge in [-0.2, -0.15) is 0 Å². The van der Waals surface area contributed by atoms with Crippen molar-refractivity contribution < 1.29 is 45.7 Å². The Bertz CT molecular complexity index is 1940. The third-order valence-electron chi connectivity index (χ3n) is 8.42. The first-order chi connectivity index (χ1) is 22.5. The van der Waals surface area contributed by atoms with E-state index < -0.39 is 26.3 Å². The number of nitrogens with one attached hydrogen (secondary N) is 2. The number of ether oxygens (including phenoxy) is 1. The lowest BCUT2D eigenvalue weighted by Crippen LogP contribution is -3.20. The van der Waals surface area contributed by atoms with E-state index in [-0.39, 0.29) is 35.9 Å². The first-order valence-corrected chi connectivity index (χ1v) is 18.8. The first kappa shape index (κ1) is 38.3. The van der Waals surface area contributed by atoms with Gasteiger partial charge in [-0.3, -0.25) is 0 Å². The van der Waals surface area contributed by atoms with Crippen molar-refractivity contribution >= 4 is 77.5 Å². The maximum Gasteiger partial charge on any atom is 0.211 e. The lowest BCUT2D eigenvalue weighted by Gasteiger charge is -2.47. The summed E-state index contributed by atoms with van der Waals surface area (Å²) in [7, 11) is -7.19. The van der Waals surface area contributed by atoms with Crippen LogP contribution in [-0.4, -0.2) is 57.3 Å². The summed E-state index contributed by atoms with van der Waals surface area (Å²) < 4.78 is 68.0. The zero-order chi connectivity index (χ0) is 35.4. The molecule has 7 rings (SSSR count). The molecule has 3 aromatic carbocycles. The number of aromatic amines is 1. The second kappa shape index (κ2) is 16.0. The van der Waals surface area contributed by atoms with Gasteiger partial charge >= 0.3 is 0 Å². The molecule has 3 aliphatic heterocycles. The van der Waals surface area contributed by atoms with Gasteiger partial charge in [-0.15, -0.1) is 6.58 Å². The average Bonchev–Trinajstić information content (AvgIpc) is 3.06. The van der Waals surface area contributed by atoms with Crippen LogP contribution in [0.5, 0.6) is 5.75 Å². The number of methoxy groups -OCH3 is 1. The summed E-state index contributed by atoms with van der Waals surface area (Å²) in [6.07, 6.45) is 5.93. The minimum atomic E-state index is -4.44. The fourth-order valence-corrected chi connectivity index (χ4v) is 7.69. The quantitative estimate of drug-likeness (QED) is 0.205. The number of piperidine rings is 3. The van der Waals surface area contributed by atoms with E-state index in [0.717, 1.165) is 66.0 Å². The zero-order valence-corrected chi connectivity index (χ0v) is 30.1. The molecule has 48 heavy (non-hydrogen) atoms. The van der Waals surface area contributed by atoms with E-state index in [1.54, 1.807) is 7.11 Å². The SMILES string of the molecule is C=C[C@H]1C[NH+]2CC[C@H]1C[C@H]2[C@H](O)c1cc[nH+]c2ccc(OC)cc12.O=S(=O)([O-])c1ccc(Cl)c(Cl)c1.O=S(=O)([O-])c1ccc(Cl)c(Cl)c1. The number of pyridine rings is 1. The largest absolute Gasteiger partial charge is 0.744 e. The molecule has 10 nitrogen and oxygen atoms in total. The summed E-state index contributed by atoms with van der Waals surface area (Å²) in [5, 5.41) is 12.8. The number of fused-ring (bicyclic) bond motifs is 4. The van der Waals surface area contributed by atoms with Crippen LogP contribution >= 0.6 is 46.4 Å². The normalized spacial score (nSPS) is 20.9. The van der Waals surface area contributed by atoms with Gasteiger partial charge in [0, 0.05) is 36.5 Å². The standard InChI is InChI=1S/C20H24N2O2.2C6H4Cl2O3S/c1-3-13-12-22-9-7-14(13)10-19(22)20(23)16-6-8-21-18-5-4-15(24-2)11-17(16)18;2*7-5-2-1-4(3-6(5)8)12(9,10)11/h3-6,8,11,13-14,19-20,23H,1,7,9-10,12H2,2H3;2*1-3H,(H,9,10,11)/t13-,14-,19-,20+;;/m0../s1. The van der Waals surface area contributed by atoms with Gasteiger partial charge in [-0.25, -0.2) is 21.8 Å². The maximum atomic E-state index is 11.2. The fraction of sp³-hybridized carbons (Fsp3) is 0.281. The fourth-order valence-electron chi connectivity index (χ4n) is 5.97. The third-order valence-corrected chi connectivity index (χ3v) is 11.6. The van der Waals surface area contributed by atoms with Crippen molar-refractivity contribution in [3.63, 3.8) is 0 Å². The molecule has 258 valence electrons. The van der Waals surface area contributed by atoms with Gasteiger partial charge in [-0.1, -0.05) is 52.5 Å². The van der Waals surface area contributed by atoms with E-state index >= 15 is 0 Å². The number of benzene rings is 3. The second-order valence-corrected chi connectivity index (χ2v) is 15.6. The summed E-state index contributed by atoms with van der Waals surface area (Å²) in [5.74, 6) is 2.11. The van der Waals surface area contributed by atoms with Gasteiger partial charge in [0.1, 0.15) is 38.1 Å². The number of hydrogen-bond acceptors (Lipinski definition) is 8. The summed E-state index contributed by atoms with van der Waals surface area (Å²) in [6, 6.07) is 15.0. The molecule has 0 spiro atoms. The van der Waals surface area contributed by atoms with Crippen LogP contribution in [0, 0.1) is 11.8 Å². The average molecular weight is 779 g/mol. The predicted molar refractivity (Wildman–Crippen MR) is 182 cm³/mol. The summed E-state index contributed by atoms with van der Waals surface area (Å²) in [4.78, 5) is 4.03. The van der Waals surface area contributed by atoms with Gasteiger partial charge < -0.3 is 23.8 Å². The first-order valence-electron chi connectivity index (χ1n) is 14.5. The monoisotopic (exact) mass is 776 g/mol. The molecule has 3 fully saturated rings. The minimum absolute atomic E-state index is 0.0496. The topological polar surface area (TPSA) is 162 Å². The summed E-state index contributed by atoms with van der Waals surface area (Å²) >= 11 is 22.0. The van der Waals surface area contributed by atoms with E-state index in [1.807, 2.05) is 30.5 Å². The van der Waals surface area contributed by atoms with Crippen LogP contribution in [0.15, 0.2) is 89.3 Å². The smallest absolute Gasteiger partial charge is 0.211 e. The molecule has 5 atom stereocenters. The molecule has 0 aliphatic carbocycles. The van der Waals surface area contributed by atoms with Crippen molar-refractivity contribution in [1.29, 1.82) is 0 Å². The van der Waals surface area contributed by atoms with E-state index in [2.05, 4.69) is 17.6 Å². The number of rotatable bonds is 6. The molecule has 3 saturated heterocycles. The Morgan fingerprint density at radius 3 is 1.96 bits per heavy atom. The molecule has 1 aromatic heterocycles. The van der Waals surface area contributed by atoms with E-state index in [0.29, 0.717) is 11.8 Å². The van der Waals surface area contributed by atoms with E-state index in [4.69, 9.17) is 51.1 Å². The van der Waals surface area contributed by atoms with Gasteiger partial charge in [-0.05, 0) is 54.4 Å². The molecule has 1 unspecified atom stereocenters. The Morgan fingerprint density at radius 1 is 0.917 bits per heavy atom. The highest BCUT2D eigenvalue weighted by Gasteiger charge is 2.46. The maximum absolute atomic E-state index is 11.2. The van der Waals surface area contributed by atoms with Crippen LogP contribution in [0.3, 0.4) is 0 Å². The molecule has 3 N–H and O–H groups in total.